The smallest absolute Gasteiger partial charge is 0.325 e. The van der Waals surface area contributed by atoms with E-state index in [1.165, 1.54) is 11.3 Å². The first-order valence-electron chi connectivity index (χ1n) is 8.05. The minimum Gasteiger partial charge on any atom is -0.480 e. The number of sulfonamides is 1. The Morgan fingerprint density at radius 1 is 1.16 bits per heavy atom. The highest BCUT2D eigenvalue weighted by atomic mass is 32.2. The Kier molecular flexibility index (Phi) is 5.53. The number of benzene rings is 1. The van der Waals surface area contributed by atoms with Crippen LogP contribution in [0.1, 0.15) is 24.4 Å². The second-order valence-electron chi connectivity index (χ2n) is 6.02. The molecular weight excluding hydrogens is 360 g/mol. The van der Waals surface area contributed by atoms with E-state index in [2.05, 4.69) is 4.72 Å². The maximum atomic E-state index is 12.3. The van der Waals surface area contributed by atoms with Gasteiger partial charge in [0, 0.05) is 19.1 Å². The van der Waals surface area contributed by atoms with E-state index in [4.69, 9.17) is 0 Å². The molecule has 1 unspecified atom stereocenters. The van der Waals surface area contributed by atoms with E-state index >= 15 is 0 Å². The lowest BCUT2D eigenvalue weighted by Gasteiger charge is -2.35. The molecule has 1 atom stereocenters. The van der Waals surface area contributed by atoms with Crippen LogP contribution in [-0.4, -0.2) is 43.5 Å². The van der Waals surface area contributed by atoms with Gasteiger partial charge in [0.05, 0.1) is 0 Å². The number of carboxylic acids is 1. The van der Waals surface area contributed by atoms with Crippen molar-refractivity contribution in [1.29, 1.82) is 0 Å². The van der Waals surface area contributed by atoms with Crippen molar-refractivity contribution in [3.63, 3.8) is 0 Å². The first-order valence-corrected chi connectivity index (χ1v) is 10.4. The molecule has 0 aliphatic carbocycles. The molecule has 0 radical (unpaired) electrons. The van der Waals surface area contributed by atoms with Crippen LogP contribution in [0, 0.1) is 0 Å². The quantitative estimate of drug-likeness (QED) is 0.803. The van der Waals surface area contributed by atoms with Crippen molar-refractivity contribution >= 4 is 27.3 Å². The van der Waals surface area contributed by atoms with Gasteiger partial charge in [0.25, 0.3) is 0 Å². The highest BCUT2D eigenvalue weighted by Gasteiger charge is 2.32. The van der Waals surface area contributed by atoms with Crippen molar-refractivity contribution in [1.82, 2.24) is 9.62 Å². The van der Waals surface area contributed by atoms with Gasteiger partial charge in [-0.25, -0.2) is 13.1 Å². The number of hydrogen-bond donors (Lipinski definition) is 2. The van der Waals surface area contributed by atoms with Crippen LogP contribution < -0.4 is 4.72 Å². The van der Waals surface area contributed by atoms with Crippen molar-refractivity contribution in [2.45, 2.75) is 29.1 Å². The van der Waals surface area contributed by atoms with Gasteiger partial charge in [0.15, 0.2) is 0 Å². The van der Waals surface area contributed by atoms with Gasteiger partial charge in [-0.05, 0) is 29.9 Å². The number of nitrogens with zero attached hydrogens (tertiary/aromatic N) is 1. The summed E-state index contributed by atoms with van der Waals surface area (Å²) in [5.41, 5.74) is 0.743. The van der Waals surface area contributed by atoms with Gasteiger partial charge in [-0.15, -0.1) is 11.3 Å². The zero-order valence-electron chi connectivity index (χ0n) is 13.5. The molecule has 2 heterocycles. The van der Waals surface area contributed by atoms with Gasteiger partial charge < -0.3 is 5.11 Å². The molecule has 134 valence electrons. The van der Waals surface area contributed by atoms with Gasteiger partial charge in [-0.3, -0.25) is 9.69 Å². The highest BCUT2D eigenvalue weighted by Crippen LogP contribution is 2.26. The summed E-state index contributed by atoms with van der Waals surface area (Å²) in [6.45, 7) is 1.06. The molecule has 1 aromatic heterocycles. The second-order valence-corrected chi connectivity index (χ2v) is 8.90. The van der Waals surface area contributed by atoms with Crippen molar-refractivity contribution in [3.8, 4) is 0 Å². The Bertz CT molecular complexity index is 798. The Morgan fingerprint density at radius 2 is 1.84 bits per heavy atom. The zero-order chi connectivity index (χ0) is 17.9. The summed E-state index contributed by atoms with van der Waals surface area (Å²) in [6, 6.07) is 11.5. The third kappa shape index (κ3) is 4.27. The van der Waals surface area contributed by atoms with E-state index in [1.807, 2.05) is 35.2 Å². The number of likely N-dealkylation sites (tertiary alicyclic amines) is 1. The van der Waals surface area contributed by atoms with Crippen molar-refractivity contribution in [2.75, 3.05) is 13.1 Å². The molecule has 25 heavy (non-hydrogen) atoms. The number of aliphatic carboxylic acids is 1. The summed E-state index contributed by atoms with van der Waals surface area (Å²) >= 11 is 1.19. The van der Waals surface area contributed by atoms with Gasteiger partial charge >= 0.3 is 5.97 Å². The fourth-order valence-electron chi connectivity index (χ4n) is 3.11. The average Bonchev–Trinajstić information content (AvgIpc) is 3.13. The van der Waals surface area contributed by atoms with Crippen LogP contribution in [0.4, 0.5) is 0 Å². The molecule has 1 aliphatic heterocycles. The highest BCUT2D eigenvalue weighted by molar-refractivity contribution is 7.91. The molecule has 1 aromatic carbocycles. The fourth-order valence-corrected chi connectivity index (χ4v) is 5.43. The molecule has 1 fully saturated rings. The molecule has 3 rings (SSSR count). The molecule has 8 heteroatoms. The number of carboxylic acid groups (broad SMARTS) is 1. The number of piperidine rings is 1. The molecule has 6 nitrogen and oxygen atoms in total. The van der Waals surface area contributed by atoms with Crippen molar-refractivity contribution in [2.24, 2.45) is 0 Å². The van der Waals surface area contributed by atoms with Crippen LogP contribution in [0.2, 0.25) is 0 Å². The predicted octanol–water partition coefficient (Wildman–Crippen LogP) is 2.32. The number of thiophene rings is 1. The third-order valence-corrected chi connectivity index (χ3v) is 7.24. The van der Waals surface area contributed by atoms with Gasteiger partial charge in [-0.2, -0.15) is 0 Å². The van der Waals surface area contributed by atoms with Crippen LogP contribution in [0.15, 0.2) is 52.1 Å². The van der Waals surface area contributed by atoms with Crippen LogP contribution in [-0.2, 0) is 14.8 Å². The molecule has 0 bridgehead atoms. The Morgan fingerprint density at radius 3 is 2.40 bits per heavy atom. The summed E-state index contributed by atoms with van der Waals surface area (Å²) in [7, 11) is -3.49. The number of rotatable bonds is 6. The number of nitrogens with one attached hydrogen (secondary N) is 1. The summed E-state index contributed by atoms with van der Waals surface area (Å²) in [6.07, 6.45) is 1.17. The molecule has 1 aliphatic rings. The lowest BCUT2D eigenvalue weighted by atomic mass is 10.00. The normalized spacial score (nSPS) is 18.1. The zero-order valence-corrected chi connectivity index (χ0v) is 15.2. The molecule has 0 spiro atoms. The van der Waals surface area contributed by atoms with E-state index in [-0.39, 0.29) is 6.04 Å². The average molecular weight is 380 g/mol. The maximum Gasteiger partial charge on any atom is 0.325 e. The van der Waals surface area contributed by atoms with E-state index < -0.39 is 22.0 Å². The van der Waals surface area contributed by atoms with E-state index in [9.17, 15) is 18.3 Å². The predicted molar refractivity (Wildman–Crippen MR) is 96.1 cm³/mol. The number of carbonyl (C=O) groups is 1. The van der Waals surface area contributed by atoms with E-state index in [1.54, 1.807) is 17.5 Å². The minimum atomic E-state index is -3.49. The van der Waals surface area contributed by atoms with Crippen LogP contribution in [0.3, 0.4) is 0 Å². The van der Waals surface area contributed by atoms with E-state index in [0.29, 0.717) is 30.1 Å². The summed E-state index contributed by atoms with van der Waals surface area (Å²) < 4.78 is 27.6. The summed E-state index contributed by atoms with van der Waals surface area (Å²) in [5.74, 6) is -0.885. The van der Waals surface area contributed by atoms with Gasteiger partial charge in [-0.1, -0.05) is 36.4 Å². The monoisotopic (exact) mass is 380 g/mol. The summed E-state index contributed by atoms with van der Waals surface area (Å²) in [4.78, 5) is 13.6. The van der Waals surface area contributed by atoms with Crippen LogP contribution >= 0.6 is 11.3 Å². The van der Waals surface area contributed by atoms with Crippen molar-refractivity contribution in [3.05, 3.63) is 53.4 Å². The van der Waals surface area contributed by atoms with Crippen molar-refractivity contribution < 1.29 is 18.3 Å². The molecule has 0 amide bonds. The molecule has 2 aromatic rings. The second kappa shape index (κ2) is 7.65. The molecule has 2 N–H and O–H groups in total. The Balaban J connectivity index is 1.64. The summed E-state index contributed by atoms with van der Waals surface area (Å²) in [5, 5.41) is 11.3. The molecule has 1 saturated heterocycles. The lowest BCUT2D eigenvalue weighted by Crippen LogP contribution is -2.46. The Hall–Kier alpha value is -1.74. The van der Waals surface area contributed by atoms with Gasteiger partial charge in [0.1, 0.15) is 10.3 Å². The van der Waals surface area contributed by atoms with E-state index in [0.717, 1.165) is 5.56 Å². The topological polar surface area (TPSA) is 86.7 Å². The van der Waals surface area contributed by atoms with Crippen LogP contribution in [0.25, 0.3) is 0 Å². The standard InChI is InChI=1S/C17H20N2O4S2/c20-17(21)16(13-5-2-1-3-6-13)19-10-8-14(9-11-19)18-25(22,23)15-7-4-12-24-15/h1-7,12,14,16,18H,8-11H2,(H,20,21). The first kappa shape index (κ1) is 18.1. The van der Waals surface area contributed by atoms with Crippen LogP contribution in [0.5, 0.6) is 0 Å². The SMILES string of the molecule is O=C(O)C(c1ccccc1)N1CCC(NS(=O)(=O)c2cccs2)CC1. The largest absolute Gasteiger partial charge is 0.480 e. The minimum absolute atomic E-state index is 0.173. The molecular formula is C17H20N2O4S2. The number of hydrogen-bond acceptors (Lipinski definition) is 5. The molecule has 0 saturated carbocycles. The van der Waals surface area contributed by atoms with Gasteiger partial charge in [0.2, 0.25) is 10.0 Å². The Labute approximate surface area is 151 Å². The maximum absolute atomic E-state index is 12.3. The first-order chi connectivity index (χ1) is 12.0. The lowest BCUT2D eigenvalue weighted by molar-refractivity contribution is -0.144. The fraction of sp³-hybridized carbons (Fsp3) is 0.353. The third-order valence-electron chi connectivity index (χ3n) is 4.33.